The van der Waals surface area contributed by atoms with Gasteiger partial charge in [-0.2, -0.15) is 0 Å². The fourth-order valence-electron chi connectivity index (χ4n) is 9.48. The van der Waals surface area contributed by atoms with E-state index >= 15 is 0 Å². The predicted molar refractivity (Wildman–Crippen MR) is 236 cm³/mol. The monoisotopic (exact) mass is 698 g/mol. The molecule has 10 aromatic carbocycles. The summed E-state index contributed by atoms with van der Waals surface area (Å²) in [5.74, 6) is 0. The molecular weight excluding hydrogens is 661 g/mol. The van der Waals surface area contributed by atoms with Crippen molar-refractivity contribution in [3.8, 4) is 55.6 Å². The van der Waals surface area contributed by atoms with E-state index in [0.717, 1.165) is 0 Å². The summed E-state index contributed by atoms with van der Waals surface area (Å²) in [5, 5.41) is 10.1. The fraction of sp³-hybridized carbons (Fsp3) is 0.0545. The second-order valence-electron chi connectivity index (χ2n) is 15.7. The molecule has 0 fully saturated rings. The maximum absolute atomic E-state index is 2.46. The lowest BCUT2D eigenvalue weighted by atomic mass is 9.81. The molecular formula is C55H38. The lowest BCUT2D eigenvalue weighted by molar-refractivity contribution is 0.660. The van der Waals surface area contributed by atoms with Crippen LogP contribution in [0.3, 0.4) is 0 Å². The van der Waals surface area contributed by atoms with Crippen molar-refractivity contribution in [2.45, 2.75) is 19.3 Å². The molecule has 0 heterocycles. The topological polar surface area (TPSA) is 0 Å². The molecule has 0 radical (unpaired) electrons. The van der Waals surface area contributed by atoms with Crippen LogP contribution in [0.4, 0.5) is 0 Å². The van der Waals surface area contributed by atoms with Gasteiger partial charge in [0.15, 0.2) is 0 Å². The molecule has 0 saturated carbocycles. The molecule has 0 amide bonds. The summed E-state index contributed by atoms with van der Waals surface area (Å²) < 4.78 is 0. The van der Waals surface area contributed by atoms with Crippen LogP contribution in [0.2, 0.25) is 0 Å². The van der Waals surface area contributed by atoms with Gasteiger partial charge in [0.25, 0.3) is 0 Å². The highest BCUT2D eigenvalue weighted by molar-refractivity contribution is 6.24. The van der Waals surface area contributed by atoms with E-state index in [2.05, 4.69) is 208 Å². The van der Waals surface area contributed by atoms with Crippen molar-refractivity contribution in [2.75, 3.05) is 0 Å². The van der Waals surface area contributed by atoms with Crippen LogP contribution >= 0.6 is 0 Å². The standard InChI is InChI=1S/C55H38/c1-55(2)51-21-10-9-17-44(51)45-30-28-42(34-52(45)55)41-29-31-49-50(33-41)53(38-25-22-36(23-26-38)40-27-24-35-12-3-4-14-39(35)32-40)47-18-7-8-19-48(47)54(49)46-20-11-15-37-13-5-6-16-43(37)46/h3-34H,1-2H3. The fourth-order valence-corrected chi connectivity index (χ4v) is 9.48. The van der Waals surface area contributed by atoms with E-state index in [1.807, 2.05) is 0 Å². The Kier molecular flexibility index (Phi) is 7.00. The van der Waals surface area contributed by atoms with Crippen LogP contribution in [-0.4, -0.2) is 0 Å². The number of hydrogen-bond donors (Lipinski definition) is 0. The van der Waals surface area contributed by atoms with Crippen LogP contribution in [0.5, 0.6) is 0 Å². The molecule has 0 bridgehead atoms. The van der Waals surface area contributed by atoms with Crippen molar-refractivity contribution in [3.63, 3.8) is 0 Å². The molecule has 1 aliphatic rings. The van der Waals surface area contributed by atoms with Gasteiger partial charge in [-0.25, -0.2) is 0 Å². The van der Waals surface area contributed by atoms with Gasteiger partial charge in [-0.15, -0.1) is 0 Å². The molecule has 0 aromatic heterocycles. The Labute approximate surface area is 322 Å². The van der Waals surface area contributed by atoms with E-state index in [1.165, 1.54) is 110 Å². The zero-order chi connectivity index (χ0) is 36.7. The third-order valence-corrected chi connectivity index (χ3v) is 12.3. The van der Waals surface area contributed by atoms with E-state index in [0.29, 0.717) is 0 Å². The summed E-state index contributed by atoms with van der Waals surface area (Å²) in [7, 11) is 0. The Morgan fingerprint density at radius 1 is 0.273 bits per heavy atom. The smallest absolute Gasteiger partial charge is 0.0159 e. The van der Waals surface area contributed by atoms with E-state index < -0.39 is 0 Å². The van der Waals surface area contributed by atoms with Gasteiger partial charge < -0.3 is 0 Å². The average Bonchev–Trinajstić information content (AvgIpc) is 3.47. The minimum absolute atomic E-state index is 0.0610. The predicted octanol–water partition coefficient (Wildman–Crippen LogP) is 15.3. The summed E-state index contributed by atoms with van der Waals surface area (Å²) in [4.78, 5) is 0. The molecule has 0 N–H and O–H groups in total. The van der Waals surface area contributed by atoms with E-state index in [1.54, 1.807) is 0 Å². The van der Waals surface area contributed by atoms with Gasteiger partial charge in [-0.05, 0) is 128 Å². The lowest BCUT2D eigenvalue weighted by Crippen LogP contribution is -2.14. The third kappa shape index (κ3) is 4.92. The SMILES string of the molecule is CC1(C)c2ccccc2-c2ccc(-c3ccc4c(-c5cccc6ccccc56)c5ccccc5c(-c5ccc(-c6ccc7ccccc7c6)cc5)c4c3)cc21. The van der Waals surface area contributed by atoms with Gasteiger partial charge in [0.1, 0.15) is 0 Å². The molecule has 0 spiro atoms. The summed E-state index contributed by atoms with van der Waals surface area (Å²) >= 11 is 0. The highest BCUT2D eigenvalue weighted by atomic mass is 14.4. The van der Waals surface area contributed by atoms with Crippen LogP contribution in [0.15, 0.2) is 194 Å². The van der Waals surface area contributed by atoms with Gasteiger partial charge in [-0.3, -0.25) is 0 Å². The molecule has 55 heavy (non-hydrogen) atoms. The molecule has 258 valence electrons. The minimum Gasteiger partial charge on any atom is -0.0619 e. The Balaban J connectivity index is 1.16. The van der Waals surface area contributed by atoms with Gasteiger partial charge in [0, 0.05) is 5.41 Å². The quantitative estimate of drug-likeness (QED) is 0.161. The van der Waals surface area contributed by atoms with Crippen LogP contribution in [0, 0.1) is 0 Å². The highest BCUT2D eigenvalue weighted by Crippen LogP contribution is 2.51. The Bertz CT molecular complexity index is 3150. The Morgan fingerprint density at radius 3 is 1.64 bits per heavy atom. The Morgan fingerprint density at radius 2 is 0.800 bits per heavy atom. The molecule has 0 atom stereocenters. The second kappa shape index (κ2) is 12.1. The normalized spacial score (nSPS) is 13.1. The zero-order valence-corrected chi connectivity index (χ0v) is 31.0. The Hall–Kier alpha value is -6.76. The summed E-state index contributed by atoms with van der Waals surface area (Å²) in [6, 6.07) is 72.3. The molecule has 10 aromatic rings. The minimum atomic E-state index is -0.0610. The number of fused-ring (bicyclic) bond motifs is 7. The van der Waals surface area contributed by atoms with E-state index in [4.69, 9.17) is 0 Å². The van der Waals surface area contributed by atoms with Crippen molar-refractivity contribution in [1.82, 2.24) is 0 Å². The molecule has 11 rings (SSSR count). The van der Waals surface area contributed by atoms with Crippen molar-refractivity contribution in [2.24, 2.45) is 0 Å². The third-order valence-electron chi connectivity index (χ3n) is 12.3. The molecule has 0 aliphatic heterocycles. The second-order valence-corrected chi connectivity index (χ2v) is 15.7. The zero-order valence-electron chi connectivity index (χ0n) is 31.0. The molecule has 0 nitrogen and oxygen atoms in total. The first-order valence-electron chi connectivity index (χ1n) is 19.3. The largest absolute Gasteiger partial charge is 0.0619 e. The summed E-state index contributed by atoms with van der Waals surface area (Å²) in [5.41, 5.74) is 15.4. The first-order chi connectivity index (χ1) is 27.0. The van der Waals surface area contributed by atoms with E-state index in [-0.39, 0.29) is 5.41 Å². The number of rotatable bonds is 4. The van der Waals surface area contributed by atoms with Gasteiger partial charge in [0.2, 0.25) is 0 Å². The molecule has 0 saturated heterocycles. The van der Waals surface area contributed by atoms with Crippen LogP contribution in [0.1, 0.15) is 25.0 Å². The first kappa shape index (κ1) is 31.7. The van der Waals surface area contributed by atoms with Crippen molar-refractivity contribution >= 4 is 43.1 Å². The maximum Gasteiger partial charge on any atom is 0.0159 e. The lowest BCUT2D eigenvalue weighted by Gasteiger charge is -2.22. The molecule has 0 unspecified atom stereocenters. The number of hydrogen-bond acceptors (Lipinski definition) is 0. The average molecular weight is 699 g/mol. The van der Waals surface area contributed by atoms with Gasteiger partial charge in [-0.1, -0.05) is 190 Å². The van der Waals surface area contributed by atoms with Gasteiger partial charge >= 0.3 is 0 Å². The first-order valence-corrected chi connectivity index (χ1v) is 19.3. The number of benzene rings is 10. The van der Waals surface area contributed by atoms with Crippen LogP contribution < -0.4 is 0 Å². The highest BCUT2D eigenvalue weighted by Gasteiger charge is 2.35. The van der Waals surface area contributed by atoms with Crippen molar-refractivity contribution in [1.29, 1.82) is 0 Å². The summed E-state index contributed by atoms with van der Waals surface area (Å²) in [6.45, 7) is 4.73. The van der Waals surface area contributed by atoms with Crippen LogP contribution in [-0.2, 0) is 5.41 Å². The molecule has 0 heteroatoms. The van der Waals surface area contributed by atoms with Crippen molar-refractivity contribution in [3.05, 3.63) is 205 Å². The summed E-state index contributed by atoms with van der Waals surface area (Å²) in [6.07, 6.45) is 0. The van der Waals surface area contributed by atoms with Crippen molar-refractivity contribution < 1.29 is 0 Å². The van der Waals surface area contributed by atoms with Crippen LogP contribution in [0.25, 0.3) is 98.7 Å². The maximum atomic E-state index is 2.46. The van der Waals surface area contributed by atoms with Gasteiger partial charge in [0.05, 0.1) is 0 Å². The molecule has 1 aliphatic carbocycles. The van der Waals surface area contributed by atoms with E-state index in [9.17, 15) is 0 Å².